The summed E-state index contributed by atoms with van der Waals surface area (Å²) in [4.78, 5) is 6.13. The fraction of sp³-hybridized carbons (Fsp3) is 0.455. The van der Waals surface area contributed by atoms with Crippen LogP contribution in [0.3, 0.4) is 0 Å². The predicted octanol–water partition coefficient (Wildman–Crippen LogP) is 0.497. The van der Waals surface area contributed by atoms with E-state index in [-0.39, 0.29) is 5.69 Å². The number of rotatable bonds is 1. The van der Waals surface area contributed by atoms with E-state index >= 15 is 0 Å². The van der Waals surface area contributed by atoms with Crippen LogP contribution in [0, 0.1) is 11.3 Å². The Kier molecular flexibility index (Phi) is 2.44. The minimum atomic E-state index is -0.671. The van der Waals surface area contributed by atoms with Gasteiger partial charge in [0, 0.05) is 13.1 Å². The van der Waals surface area contributed by atoms with Crippen LogP contribution in [0.5, 0.6) is 0 Å². The topological polar surface area (TPSA) is 86.2 Å². The van der Waals surface area contributed by atoms with Gasteiger partial charge in [-0.1, -0.05) is 0 Å². The van der Waals surface area contributed by atoms with Gasteiger partial charge in [0.1, 0.15) is 11.9 Å². The number of nitrogen functional groups attached to an aromatic ring is 1. The third kappa shape index (κ3) is 1.92. The van der Waals surface area contributed by atoms with Gasteiger partial charge in [0.2, 0.25) is 0 Å². The van der Waals surface area contributed by atoms with E-state index < -0.39 is 5.60 Å². The van der Waals surface area contributed by atoms with Gasteiger partial charge in [-0.15, -0.1) is 0 Å². The molecule has 2 rings (SSSR count). The van der Waals surface area contributed by atoms with Gasteiger partial charge in [0.05, 0.1) is 11.3 Å². The molecule has 2 heterocycles. The van der Waals surface area contributed by atoms with Crippen molar-refractivity contribution >= 4 is 11.5 Å². The van der Waals surface area contributed by atoms with Crippen LogP contribution in [-0.4, -0.2) is 28.8 Å². The molecule has 1 aromatic rings. The van der Waals surface area contributed by atoms with Crippen molar-refractivity contribution in [1.82, 2.24) is 4.98 Å². The van der Waals surface area contributed by atoms with Crippen molar-refractivity contribution in [2.75, 3.05) is 23.7 Å². The highest BCUT2D eigenvalue weighted by atomic mass is 16.3. The van der Waals surface area contributed by atoms with E-state index in [1.54, 1.807) is 19.1 Å². The molecule has 1 aromatic heterocycles. The van der Waals surface area contributed by atoms with Crippen LogP contribution in [0.4, 0.5) is 11.5 Å². The first kappa shape index (κ1) is 10.7. The molecule has 1 saturated heterocycles. The zero-order valence-corrected chi connectivity index (χ0v) is 9.14. The molecule has 1 fully saturated rings. The lowest BCUT2D eigenvalue weighted by atomic mass is 10.1. The average Bonchev–Trinajstić information content (AvgIpc) is 2.59. The Balaban J connectivity index is 2.26. The largest absolute Gasteiger partial charge is 0.396 e. The molecular weight excluding hydrogens is 204 g/mol. The number of hydrogen-bond donors (Lipinski definition) is 2. The number of nitrogens with zero attached hydrogens (tertiary/aromatic N) is 3. The number of aliphatic hydroxyl groups is 1. The van der Waals surface area contributed by atoms with Gasteiger partial charge in [-0.05, 0) is 25.5 Å². The van der Waals surface area contributed by atoms with E-state index in [1.165, 1.54) is 0 Å². The molecule has 3 N–H and O–H groups in total. The number of β-amino-alcohol motifs (C(OH)–C–C–N with tert-alkyl or cyclic N) is 1. The molecule has 5 nitrogen and oxygen atoms in total. The van der Waals surface area contributed by atoms with Crippen molar-refractivity contribution in [1.29, 1.82) is 5.26 Å². The van der Waals surface area contributed by atoms with Crippen LogP contribution in [0.2, 0.25) is 0 Å². The molecule has 16 heavy (non-hydrogen) atoms. The van der Waals surface area contributed by atoms with Crippen LogP contribution in [0.15, 0.2) is 12.1 Å². The Morgan fingerprint density at radius 3 is 2.94 bits per heavy atom. The molecule has 1 atom stereocenters. The molecule has 0 aliphatic carbocycles. The van der Waals surface area contributed by atoms with E-state index in [0.29, 0.717) is 24.5 Å². The summed E-state index contributed by atoms with van der Waals surface area (Å²) in [5.41, 5.74) is 5.55. The Morgan fingerprint density at radius 2 is 2.38 bits per heavy atom. The lowest BCUT2D eigenvalue weighted by molar-refractivity contribution is 0.0839. The van der Waals surface area contributed by atoms with E-state index in [2.05, 4.69) is 4.98 Å². The Morgan fingerprint density at radius 1 is 1.62 bits per heavy atom. The van der Waals surface area contributed by atoms with E-state index in [0.717, 1.165) is 6.54 Å². The number of nitrogens with two attached hydrogens (primary N) is 1. The summed E-state index contributed by atoms with van der Waals surface area (Å²) in [6.07, 6.45) is 0.709. The molecule has 0 radical (unpaired) electrons. The maximum atomic E-state index is 9.85. The van der Waals surface area contributed by atoms with Gasteiger partial charge in [-0.3, -0.25) is 0 Å². The Hall–Kier alpha value is -1.80. The fourth-order valence-electron chi connectivity index (χ4n) is 1.87. The number of anilines is 2. The van der Waals surface area contributed by atoms with Gasteiger partial charge in [-0.2, -0.15) is 5.26 Å². The molecule has 0 amide bonds. The highest BCUT2D eigenvalue weighted by molar-refractivity contribution is 5.55. The standard InChI is InChI=1S/C11H14N4O/c1-11(16)4-5-15(7-11)10-3-2-8(13)9(6-12)14-10/h2-3,16H,4-5,7,13H2,1H3. The molecule has 84 valence electrons. The van der Waals surface area contributed by atoms with Crippen LogP contribution in [-0.2, 0) is 0 Å². The van der Waals surface area contributed by atoms with Crippen molar-refractivity contribution in [3.05, 3.63) is 17.8 Å². The maximum absolute atomic E-state index is 9.85. The summed E-state index contributed by atoms with van der Waals surface area (Å²) in [6, 6.07) is 5.40. The van der Waals surface area contributed by atoms with Gasteiger partial charge in [-0.25, -0.2) is 4.98 Å². The molecule has 1 unspecified atom stereocenters. The van der Waals surface area contributed by atoms with Crippen LogP contribution in [0.1, 0.15) is 19.0 Å². The number of aromatic nitrogens is 1. The van der Waals surface area contributed by atoms with Crippen molar-refractivity contribution in [2.45, 2.75) is 18.9 Å². The first-order chi connectivity index (χ1) is 7.52. The predicted molar refractivity (Wildman–Crippen MR) is 60.8 cm³/mol. The third-order valence-electron chi connectivity index (χ3n) is 2.79. The van der Waals surface area contributed by atoms with E-state index in [9.17, 15) is 5.11 Å². The summed E-state index contributed by atoms with van der Waals surface area (Å²) in [6.45, 7) is 3.08. The molecule has 0 spiro atoms. The van der Waals surface area contributed by atoms with Gasteiger partial charge in [0.15, 0.2) is 5.69 Å². The fourth-order valence-corrected chi connectivity index (χ4v) is 1.87. The second-order valence-electron chi connectivity index (χ2n) is 4.39. The van der Waals surface area contributed by atoms with E-state index in [4.69, 9.17) is 11.0 Å². The zero-order valence-electron chi connectivity index (χ0n) is 9.14. The molecule has 0 bridgehead atoms. The minimum absolute atomic E-state index is 0.240. The number of nitriles is 1. The number of hydrogen-bond acceptors (Lipinski definition) is 5. The maximum Gasteiger partial charge on any atom is 0.165 e. The van der Waals surface area contributed by atoms with Crippen LogP contribution in [0.25, 0.3) is 0 Å². The number of pyridine rings is 1. The van der Waals surface area contributed by atoms with Crippen LogP contribution >= 0.6 is 0 Å². The summed E-state index contributed by atoms with van der Waals surface area (Å²) in [5, 5.41) is 18.7. The highest BCUT2D eigenvalue weighted by Gasteiger charge is 2.32. The second kappa shape index (κ2) is 3.65. The van der Waals surface area contributed by atoms with Crippen molar-refractivity contribution in [2.24, 2.45) is 0 Å². The monoisotopic (exact) mass is 218 g/mol. The van der Waals surface area contributed by atoms with Crippen molar-refractivity contribution in [3.63, 3.8) is 0 Å². The van der Waals surface area contributed by atoms with Gasteiger partial charge < -0.3 is 15.7 Å². The third-order valence-corrected chi connectivity index (χ3v) is 2.79. The highest BCUT2D eigenvalue weighted by Crippen LogP contribution is 2.26. The molecule has 1 aliphatic heterocycles. The smallest absolute Gasteiger partial charge is 0.165 e. The minimum Gasteiger partial charge on any atom is -0.396 e. The molecular formula is C11H14N4O. The molecule has 0 aromatic carbocycles. The lowest BCUT2D eigenvalue weighted by Gasteiger charge is -2.20. The van der Waals surface area contributed by atoms with Crippen LogP contribution < -0.4 is 10.6 Å². The Bertz CT molecular complexity index is 450. The van der Waals surface area contributed by atoms with Crippen molar-refractivity contribution < 1.29 is 5.11 Å². The van der Waals surface area contributed by atoms with E-state index in [1.807, 2.05) is 11.0 Å². The quantitative estimate of drug-likeness (QED) is 0.716. The Labute approximate surface area is 94.1 Å². The molecule has 5 heteroatoms. The van der Waals surface area contributed by atoms with Gasteiger partial charge >= 0.3 is 0 Å². The second-order valence-corrected chi connectivity index (χ2v) is 4.39. The summed E-state index contributed by atoms with van der Waals surface area (Å²) in [7, 11) is 0. The first-order valence-electron chi connectivity index (χ1n) is 5.16. The summed E-state index contributed by atoms with van der Waals surface area (Å²) in [5.74, 6) is 0.698. The first-order valence-corrected chi connectivity index (χ1v) is 5.16. The normalized spacial score (nSPS) is 24.4. The molecule has 0 saturated carbocycles. The summed E-state index contributed by atoms with van der Waals surface area (Å²) < 4.78 is 0. The zero-order chi connectivity index (χ0) is 11.8. The van der Waals surface area contributed by atoms with Crippen molar-refractivity contribution in [3.8, 4) is 6.07 Å². The van der Waals surface area contributed by atoms with Gasteiger partial charge in [0.25, 0.3) is 0 Å². The average molecular weight is 218 g/mol. The summed E-state index contributed by atoms with van der Waals surface area (Å²) >= 11 is 0. The molecule has 1 aliphatic rings. The SMILES string of the molecule is CC1(O)CCN(c2ccc(N)c(C#N)n2)C1. The lowest BCUT2D eigenvalue weighted by Crippen LogP contribution is -2.30.